The van der Waals surface area contributed by atoms with E-state index in [1.54, 1.807) is 25.7 Å². The summed E-state index contributed by atoms with van der Waals surface area (Å²) in [7, 11) is 0. The van der Waals surface area contributed by atoms with Crippen molar-refractivity contribution in [2.45, 2.75) is 97.8 Å². The smallest absolute Gasteiger partial charge is 0.408 e. The predicted molar refractivity (Wildman–Crippen MR) is 170 cm³/mol. The first kappa shape index (κ1) is 35.9. The van der Waals surface area contributed by atoms with Crippen molar-refractivity contribution in [1.82, 2.24) is 10.2 Å². The highest BCUT2D eigenvalue weighted by Gasteiger charge is 2.34. The van der Waals surface area contributed by atoms with Crippen molar-refractivity contribution in [3.63, 3.8) is 0 Å². The van der Waals surface area contributed by atoms with Crippen LogP contribution in [0.1, 0.15) is 80.6 Å². The summed E-state index contributed by atoms with van der Waals surface area (Å²) in [6, 6.07) is 17.1. The van der Waals surface area contributed by atoms with Gasteiger partial charge in [0.05, 0.1) is 12.6 Å². The Hall–Kier alpha value is -3.16. The first-order valence-electron chi connectivity index (χ1n) is 14.9. The summed E-state index contributed by atoms with van der Waals surface area (Å²) >= 11 is 0. The summed E-state index contributed by atoms with van der Waals surface area (Å²) in [6.07, 6.45) is 8.51. The van der Waals surface area contributed by atoms with E-state index in [1.165, 1.54) is 6.42 Å². The van der Waals surface area contributed by atoms with Crippen LogP contribution < -0.4 is 5.32 Å². The maximum absolute atomic E-state index is 13.3. The van der Waals surface area contributed by atoms with Crippen LogP contribution in [0.25, 0.3) is 11.1 Å². The van der Waals surface area contributed by atoms with Gasteiger partial charge < -0.3 is 25.2 Å². The number of rotatable bonds is 9. The van der Waals surface area contributed by atoms with Crippen LogP contribution in [0.2, 0.25) is 0 Å². The quantitative estimate of drug-likeness (QED) is 0.289. The number of carbonyl (C=O) groups excluding carboxylic acids is 2. The summed E-state index contributed by atoms with van der Waals surface area (Å²) in [5.41, 5.74) is 2.49. The predicted octanol–water partition coefficient (Wildman–Crippen LogP) is 6.77. The molecule has 0 unspecified atom stereocenters. The molecular formula is C34H54N2O5. The molecule has 0 radical (unpaired) electrons. The van der Waals surface area contributed by atoms with Gasteiger partial charge in [-0.2, -0.15) is 0 Å². The molecule has 1 heterocycles. The number of nitrogens with zero attached hydrogens (tertiary/aromatic N) is 1. The number of aliphatic hydroxyl groups excluding tert-OH is 2. The third-order valence-corrected chi connectivity index (χ3v) is 6.06. The topological polar surface area (TPSA) is 99.1 Å². The van der Waals surface area contributed by atoms with Gasteiger partial charge >= 0.3 is 6.09 Å². The number of ether oxygens (including phenoxy) is 1. The number of alkyl carbamates (subject to hydrolysis) is 1. The van der Waals surface area contributed by atoms with Crippen molar-refractivity contribution in [3.05, 3.63) is 72.3 Å². The second-order valence-electron chi connectivity index (χ2n) is 11.1. The fourth-order valence-electron chi connectivity index (χ4n) is 4.22. The number of hydrogen-bond donors (Lipinski definition) is 3. The maximum Gasteiger partial charge on any atom is 0.408 e. The lowest BCUT2D eigenvalue weighted by molar-refractivity contribution is -0.135. The fraction of sp³-hybridized carbons (Fsp3) is 0.529. The Kier molecular flexibility index (Phi) is 17.4. The fourth-order valence-corrected chi connectivity index (χ4v) is 4.22. The molecule has 1 fully saturated rings. The van der Waals surface area contributed by atoms with E-state index in [0.29, 0.717) is 13.0 Å². The van der Waals surface area contributed by atoms with Crippen molar-refractivity contribution in [2.24, 2.45) is 0 Å². The number of aliphatic hydroxyl groups is 2. The zero-order valence-corrected chi connectivity index (χ0v) is 25.9. The summed E-state index contributed by atoms with van der Waals surface area (Å²) in [6.45, 7) is 12.5. The molecule has 7 heteroatoms. The van der Waals surface area contributed by atoms with Gasteiger partial charge in [-0.25, -0.2) is 4.79 Å². The van der Waals surface area contributed by atoms with E-state index in [4.69, 9.17) is 9.84 Å². The third-order valence-electron chi connectivity index (χ3n) is 6.06. The lowest BCUT2D eigenvalue weighted by Crippen LogP contribution is -2.52. The SMILES string of the molecule is CC(C)(C)OC(=O)N[C@@H](Cc1ccc(-c2ccccc2)cc1)C(=O)N1CCC[C@H]1CO.CC/C=C\CCO.CCC.[HH]. The zero-order valence-electron chi connectivity index (χ0n) is 25.9. The van der Waals surface area contributed by atoms with Crippen molar-refractivity contribution in [2.75, 3.05) is 19.8 Å². The van der Waals surface area contributed by atoms with Crippen LogP contribution in [0, 0.1) is 0 Å². The second-order valence-corrected chi connectivity index (χ2v) is 11.1. The number of allylic oxidation sites excluding steroid dienone is 1. The van der Waals surface area contributed by atoms with E-state index in [0.717, 1.165) is 42.4 Å². The average molecular weight is 571 g/mol. The molecule has 1 aliphatic heterocycles. The molecule has 3 N–H and O–H groups in total. The first-order valence-corrected chi connectivity index (χ1v) is 14.9. The van der Waals surface area contributed by atoms with E-state index < -0.39 is 17.7 Å². The highest BCUT2D eigenvalue weighted by Crippen LogP contribution is 2.22. The van der Waals surface area contributed by atoms with Crippen LogP contribution in [0.4, 0.5) is 4.79 Å². The van der Waals surface area contributed by atoms with Gasteiger partial charge in [0.2, 0.25) is 5.91 Å². The summed E-state index contributed by atoms with van der Waals surface area (Å²) in [4.78, 5) is 27.3. The molecule has 41 heavy (non-hydrogen) atoms. The molecule has 2 aromatic carbocycles. The molecule has 3 rings (SSSR count). The molecular weight excluding hydrogens is 516 g/mol. The number of hydrogen-bond acceptors (Lipinski definition) is 5. The molecule has 0 spiro atoms. The lowest BCUT2D eigenvalue weighted by atomic mass is 10.00. The van der Waals surface area contributed by atoms with Crippen molar-refractivity contribution in [3.8, 4) is 11.1 Å². The molecule has 0 bridgehead atoms. The van der Waals surface area contributed by atoms with Crippen molar-refractivity contribution < 1.29 is 26.0 Å². The monoisotopic (exact) mass is 570 g/mol. The minimum absolute atomic E-state index is 0. The third kappa shape index (κ3) is 14.3. The van der Waals surface area contributed by atoms with Gasteiger partial charge in [0.25, 0.3) is 0 Å². The number of amides is 2. The zero-order chi connectivity index (χ0) is 30.7. The maximum atomic E-state index is 13.3. The molecule has 1 aliphatic rings. The standard InChI is InChI=1S/C25H32N2O4.C6H12O.C3H8.H2/c1-25(2,3)31-24(30)26-22(23(29)27-15-7-10-21(27)17-28)16-18-11-13-20(14-12-18)19-8-5-4-6-9-19;1-2-3-4-5-6-7;1-3-2;/h4-6,8-9,11-14,21-22,28H,7,10,15-17H2,1-3H3,(H,26,30);3-4,7H,2,5-6H2,1H3;3H2,1-2H3;1H/b;4-3-;;/t21-,22-;;;/m0.../s1. The summed E-state index contributed by atoms with van der Waals surface area (Å²) in [5, 5.41) is 20.6. The Bertz CT molecular complexity index is 1020. The molecule has 0 aliphatic carbocycles. The van der Waals surface area contributed by atoms with Gasteiger partial charge in [0.1, 0.15) is 11.6 Å². The van der Waals surface area contributed by atoms with Gasteiger partial charge in [-0.15, -0.1) is 0 Å². The molecule has 1 saturated heterocycles. The molecule has 7 nitrogen and oxygen atoms in total. The first-order chi connectivity index (χ1) is 19.6. The molecule has 2 atom stereocenters. The van der Waals surface area contributed by atoms with Gasteiger partial charge in [0, 0.05) is 21.0 Å². The Labute approximate surface area is 249 Å². The summed E-state index contributed by atoms with van der Waals surface area (Å²) in [5.74, 6) is -0.186. The number of carbonyl (C=O) groups is 2. The lowest BCUT2D eigenvalue weighted by Gasteiger charge is -2.29. The highest BCUT2D eigenvalue weighted by atomic mass is 16.6. The largest absolute Gasteiger partial charge is 0.444 e. The average Bonchev–Trinajstić information content (AvgIpc) is 3.42. The number of likely N-dealkylation sites (tertiary alicyclic amines) is 1. The van der Waals surface area contributed by atoms with Gasteiger partial charge in [0.15, 0.2) is 0 Å². The van der Waals surface area contributed by atoms with E-state index in [9.17, 15) is 14.7 Å². The van der Waals surface area contributed by atoms with Crippen LogP contribution >= 0.6 is 0 Å². The van der Waals surface area contributed by atoms with Crippen LogP contribution in [-0.4, -0.2) is 64.6 Å². The van der Waals surface area contributed by atoms with Crippen molar-refractivity contribution >= 4 is 12.0 Å². The van der Waals surface area contributed by atoms with Crippen LogP contribution in [0.15, 0.2) is 66.7 Å². The van der Waals surface area contributed by atoms with Crippen LogP contribution in [-0.2, 0) is 16.0 Å². The Morgan fingerprint density at radius 2 is 1.63 bits per heavy atom. The molecule has 2 aromatic rings. The van der Waals surface area contributed by atoms with E-state index in [2.05, 4.69) is 32.2 Å². The Morgan fingerprint density at radius 3 is 2.17 bits per heavy atom. The summed E-state index contributed by atoms with van der Waals surface area (Å²) < 4.78 is 5.38. The molecule has 2 amide bonds. The molecule has 0 aromatic heterocycles. The Morgan fingerprint density at radius 1 is 1.02 bits per heavy atom. The van der Waals surface area contributed by atoms with E-state index >= 15 is 0 Å². The van der Waals surface area contributed by atoms with Crippen LogP contribution in [0.3, 0.4) is 0 Å². The molecule has 230 valence electrons. The van der Waals surface area contributed by atoms with Crippen molar-refractivity contribution in [1.29, 1.82) is 0 Å². The van der Waals surface area contributed by atoms with Gasteiger partial charge in [-0.05, 0) is 63.1 Å². The van der Waals surface area contributed by atoms with E-state index in [1.807, 2.05) is 60.7 Å². The second kappa shape index (κ2) is 19.8. The minimum Gasteiger partial charge on any atom is -0.444 e. The van der Waals surface area contributed by atoms with E-state index in [-0.39, 0.29) is 26.6 Å². The minimum atomic E-state index is -0.760. The normalized spacial score (nSPS) is 15.3. The number of nitrogens with one attached hydrogen (secondary N) is 1. The molecule has 0 saturated carbocycles. The van der Waals surface area contributed by atoms with Gasteiger partial charge in [-0.3, -0.25) is 4.79 Å². The van der Waals surface area contributed by atoms with Crippen LogP contribution in [0.5, 0.6) is 0 Å². The number of benzene rings is 2. The Balaban J connectivity index is 0.00000132. The highest BCUT2D eigenvalue weighted by molar-refractivity contribution is 5.86. The van der Waals surface area contributed by atoms with Gasteiger partial charge in [-0.1, -0.05) is 93.9 Å².